The summed E-state index contributed by atoms with van der Waals surface area (Å²) in [5.74, 6) is -0.0661. The first-order valence-electron chi connectivity index (χ1n) is 7.99. The lowest BCUT2D eigenvalue weighted by Gasteiger charge is -2.22. The van der Waals surface area contributed by atoms with Gasteiger partial charge in [-0.25, -0.2) is 0 Å². The van der Waals surface area contributed by atoms with Crippen LogP contribution < -0.4 is 5.56 Å². The number of fused-ring (bicyclic) bond motifs is 1. The lowest BCUT2D eigenvalue weighted by molar-refractivity contribution is 0.0743. The van der Waals surface area contributed by atoms with Crippen LogP contribution in [0.3, 0.4) is 0 Å². The molecule has 0 fully saturated rings. The number of carbonyl (C=O) groups excluding carboxylic acids is 1. The number of hydrogen-bond donors (Lipinski definition) is 1. The van der Waals surface area contributed by atoms with E-state index in [-0.39, 0.29) is 17.4 Å². The molecule has 124 valence electrons. The van der Waals surface area contributed by atoms with E-state index >= 15 is 0 Å². The number of H-pyrrole nitrogens is 1. The fourth-order valence-corrected chi connectivity index (χ4v) is 2.99. The summed E-state index contributed by atoms with van der Waals surface area (Å²) in [6.07, 6.45) is 0.769. The van der Waals surface area contributed by atoms with Crippen molar-refractivity contribution in [3.63, 3.8) is 0 Å². The van der Waals surface area contributed by atoms with Gasteiger partial charge in [-0.1, -0.05) is 13.8 Å². The highest BCUT2D eigenvalue weighted by Gasteiger charge is 2.24. The molecule has 0 radical (unpaired) electrons. The smallest absolute Gasteiger partial charge is 0.255 e. The van der Waals surface area contributed by atoms with Crippen LogP contribution in [-0.4, -0.2) is 32.1 Å². The maximum absolute atomic E-state index is 13.0. The molecule has 7 heteroatoms. The lowest BCUT2D eigenvalue weighted by Crippen LogP contribution is -2.32. The van der Waals surface area contributed by atoms with Crippen LogP contribution in [0.15, 0.2) is 23.0 Å². The van der Waals surface area contributed by atoms with Crippen molar-refractivity contribution in [2.75, 3.05) is 6.54 Å². The number of pyridine rings is 1. The van der Waals surface area contributed by atoms with Crippen LogP contribution in [0, 0.1) is 11.3 Å². The van der Waals surface area contributed by atoms with Crippen LogP contribution in [0.1, 0.15) is 53.6 Å². The molecule has 0 saturated carbocycles. The molecule has 3 heterocycles. The van der Waals surface area contributed by atoms with Crippen molar-refractivity contribution in [2.24, 2.45) is 0 Å². The van der Waals surface area contributed by atoms with E-state index in [0.29, 0.717) is 36.6 Å². The third-order valence-corrected chi connectivity index (χ3v) is 4.17. The molecular formula is C17H19N5O2. The number of nitrogens with zero attached hydrogens (tertiary/aromatic N) is 4. The first-order valence-corrected chi connectivity index (χ1v) is 7.99. The third kappa shape index (κ3) is 2.95. The Morgan fingerprint density at radius 3 is 2.88 bits per heavy atom. The second-order valence-corrected chi connectivity index (χ2v) is 6.24. The summed E-state index contributed by atoms with van der Waals surface area (Å²) in [4.78, 5) is 29.1. The Labute approximate surface area is 139 Å². The summed E-state index contributed by atoms with van der Waals surface area (Å²) >= 11 is 0. The van der Waals surface area contributed by atoms with Crippen LogP contribution >= 0.6 is 0 Å². The lowest BCUT2D eigenvalue weighted by atomic mass is 10.0. The number of aromatic nitrogens is 3. The zero-order valence-electron chi connectivity index (χ0n) is 13.7. The highest BCUT2D eigenvalue weighted by atomic mass is 16.2. The fraction of sp³-hybridized carbons (Fsp3) is 0.412. The molecule has 24 heavy (non-hydrogen) atoms. The zero-order valence-corrected chi connectivity index (χ0v) is 13.7. The second-order valence-electron chi connectivity index (χ2n) is 6.24. The molecule has 0 aromatic carbocycles. The van der Waals surface area contributed by atoms with Gasteiger partial charge >= 0.3 is 0 Å². The number of nitrogens with one attached hydrogen (secondary N) is 1. The number of rotatable bonds is 2. The first-order chi connectivity index (χ1) is 11.5. The van der Waals surface area contributed by atoms with E-state index in [0.717, 1.165) is 12.1 Å². The summed E-state index contributed by atoms with van der Waals surface area (Å²) in [7, 11) is 0. The predicted octanol–water partition coefficient (Wildman–Crippen LogP) is 1.61. The summed E-state index contributed by atoms with van der Waals surface area (Å²) in [5.41, 5.74) is 2.20. The summed E-state index contributed by atoms with van der Waals surface area (Å²) in [6.45, 7) is 5.59. The highest BCUT2D eigenvalue weighted by molar-refractivity contribution is 5.95. The van der Waals surface area contributed by atoms with Gasteiger partial charge < -0.3 is 9.88 Å². The molecular weight excluding hydrogens is 306 g/mol. The van der Waals surface area contributed by atoms with Gasteiger partial charge in [0, 0.05) is 24.8 Å². The van der Waals surface area contributed by atoms with Crippen LogP contribution in [0.4, 0.5) is 0 Å². The average Bonchev–Trinajstić information content (AvgIpc) is 2.85. The Bertz CT molecular complexity index is 872. The van der Waals surface area contributed by atoms with E-state index in [4.69, 9.17) is 5.26 Å². The first kappa shape index (κ1) is 16.0. The molecule has 1 aliphatic heterocycles. The van der Waals surface area contributed by atoms with Crippen LogP contribution in [0.25, 0.3) is 0 Å². The predicted molar refractivity (Wildman–Crippen MR) is 87.5 cm³/mol. The number of amides is 1. The maximum atomic E-state index is 13.0. The number of aryl methyl sites for hydroxylation is 1. The number of nitriles is 1. The van der Waals surface area contributed by atoms with Gasteiger partial charge in [0.25, 0.3) is 5.91 Å². The molecule has 1 aliphatic rings. The van der Waals surface area contributed by atoms with E-state index in [2.05, 4.69) is 10.1 Å². The van der Waals surface area contributed by atoms with E-state index in [1.165, 1.54) is 6.07 Å². The number of aromatic amines is 1. The third-order valence-electron chi connectivity index (χ3n) is 4.17. The normalized spacial score (nSPS) is 14.2. The number of hydrogen-bond acceptors (Lipinski definition) is 4. The zero-order chi connectivity index (χ0) is 17.3. The molecule has 0 bridgehead atoms. The quantitative estimate of drug-likeness (QED) is 0.907. The highest BCUT2D eigenvalue weighted by Crippen LogP contribution is 2.20. The van der Waals surface area contributed by atoms with Crippen molar-refractivity contribution in [1.82, 2.24) is 19.7 Å². The van der Waals surface area contributed by atoms with Crippen molar-refractivity contribution >= 4 is 5.91 Å². The van der Waals surface area contributed by atoms with E-state index in [1.54, 1.807) is 21.7 Å². The molecule has 0 saturated heterocycles. The van der Waals surface area contributed by atoms with Gasteiger partial charge in [0.15, 0.2) is 5.69 Å². The molecule has 2 aromatic rings. The Morgan fingerprint density at radius 2 is 2.17 bits per heavy atom. The molecule has 0 unspecified atom stereocenters. The molecule has 0 spiro atoms. The Kier molecular flexibility index (Phi) is 4.21. The molecule has 1 amide bonds. The topological polar surface area (TPSA) is 94.8 Å². The molecule has 1 N–H and O–H groups in total. The summed E-state index contributed by atoms with van der Waals surface area (Å²) in [5, 5.41) is 13.2. The van der Waals surface area contributed by atoms with Gasteiger partial charge in [-0.3, -0.25) is 14.3 Å². The van der Waals surface area contributed by atoms with Crippen LogP contribution in [0.2, 0.25) is 0 Å². The summed E-state index contributed by atoms with van der Waals surface area (Å²) in [6, 6.07) is 6.74. The van der Waals surface area contributed by atoms with Crippen LogP contribution in [-0.2, 0) is 13.1 Å². The minimum absolute atomic E-state index is 0.0422. The maximum Gasteiger partial charge on any atom is 0.255 e. The van der Waals surface area contributed by atoms with Gasteiger partial charge in [0.05, 0.1) is 17.8 Å². The van der Waals surface area contributed by atoms with Crippen molar-refractivity contribution in [3.05, 3.63) is 51.2 Å². The summed E-state index contributed by atoms with van der Waals surface area (Å²) < 4.78 is 1.79. The number of carbonyl (C=O) groups is 1. The molecule has 2 aromatic heterocycles. The van der Waals surface area contributed by atoms with E-state index in [1.807, 2.05) is 19.9 Å². The molecule has 0 atom stereocenters. The van der Waals surface area contributed by atoms with E-state index in [9.17, 15) is 9.59 Å². The Morgan fingerprint density at radius 1 is 1.38 bits per heavy atom. The largest absolute Gasteiger partial charge is 0.333 e. The standard InChI is InChI=1S/C17H19N5O2/c1-11(2)16-14(4-5-15(23)19-16)17(24)21-6-3-7-22-13(10-21)8-12(9-18)20-22/h4-5,8,11H,3,6-7,10H2,1-2H3,(H,19,23). The van der Waals surface area contributed by atoms with Crippen molar-refractivity contribution < 1.29 is 4.79 Å². The Hall–Kier alpha value is -2.88. The van der Waals surface area contributed by atoms with Gasteiger partial charge in [0.1, 0.15) is 6.07 Å². The Balaban J connectivity index is 1.93. The van der Waals surface area contributed by atoms with Crippen molar-refractivity contribution in [3.8, 4) is 6.07 Å². The van der Waals surface area contributed by atoms with E-state index < -0.39 is 0 Å². The van der Waals surface area contributed by atoms with Gasteiger partial charge in [-0.15, -0.1) is 0 Å². The van der Waals surface area contributed by atoms with Gasteiger partial charge in [0.2, 0.25) is 5.56 Å². The van der Waals surface area contributed by atoms with Crippen molar-refractivity contribution in [1.29, 1.82) is 5.26 Å². The van der Waals surface area contributed by atoms with Crippen molar-refractivity contribution in [2.45, 2.75) is 39.3 Å². The van der Waals surface area contributed by atoms with Crippen LogP contribution in [0.5, 0.6) is 0 Å². The SMILES string of the molecule is CC(C)c1[nH]c(=O)ccc1C(=O)N1CCCn2nc(C#N)cc2C1. The minimum atomic E-state index is -0.206. The minimum Gasteiger partial charge on any atom is -0.333 e. The van der Waals surface area contributed by atoms with Gasteiger partial charge in [-0.05, 0) is 24.5 Å². The van der Waals surface area contributed by atoms with Gasteiger partial charge in [-0.2, -0.15) is 10.4 Å². The molecule has 0 aliphatic carbocycles. The molecule has 3 rings (SSSR count). The monoisotopic (exact) mass is 325 g/mol. The average molecular weight is 325 g/mol. The fourth-order valence-electron chi connectivity index (χ4n) is 2.99. The molecule has 7 nitrogen and oxygen atoms in total. The second kappa shape index (κ2) is 6.32.